The van der Waals surface area contributed by atoms with Gasteiger partial charge in [0, 0.05) is 63.9 Å². The van der Waals surface area contributed by atoms with Crippen LogP contribution in [-0.4, -0.2) is 30.2 Å². The second-order valence-electron chi connectivity index (χ2n) is 17.5. The normalized spacial score (nSPS) is 13.6. The van der Waals surface area contributed by atoms with Crippen molar-refractivity contribution in [3.05, 3.63) is 216 Å². The van der Waals surface area contributed by atoms with Gasteiger partial charge in [0.05, 0.1) is 33.6 Å². The molecule has 0 aliphatic heterocycles. The lowest BCUT2D eigenvalue weighted by molar-refractivity contribution is 0.717. The zero-order valence-electron chi connectivity index (χ0n) is 36.5. The molecule has 2 aliphatic carbocycles. The highest BCUT2D eigenvalue weighted by Crippen LogP contribution is 2.45. The number of allylic oxidation sites excluding steroid dienone is 4. The molecule has 0 radical (unpaired) electrons. The summed E-state index contributed by atoms with van der Waals surface area (Å²) in [6, 6.07) is 48.7. The fourth-order valence-electron chi connectivity index (χ4n) is 10.1. The minimum Gasteiger partial charge on any atom is -0.263 e. The Labute approximate surface area is 378 Å². The molecule has 5 aromatic carbocycles. The molecule has 2 aliphatic rings. The second kappa shape index (κ2) is 15.6. The summed E-state index contributed by atoms with van der Waals surface area (Å²) in [6.45, 7) is 8.18. The summed E-state index contributed by atoms with van der Waals surface area (Å²) >= 11 is 0. The molecule has 0 spiro atoms. The Kier molecular flexibility index (Phi) is 9.27. The molecule has 6 nitrogen and oxygen atoms in total. The van der Waals surface area contributed by atoms with Gasteiger partial charge in [-0.15, -0.1) is 0 Å². The Balaban J connectivity index is 0.998. The van der Waals surface area contributed by atoms with E-state index in [2.05, 4.69) is 172 Å². The monoisotopic (exact) mass is 838 g/mol. The van der Waals surface area contributed by atoms with E-state index in [1.807, 2.05) is 55.0 Å². The van der Waals surface area contributed by atoms with E-state index >= 15 is 0 Å². The molecule has 0 atom stereocenters. The zero-order chi connectivity index (χ0) is 43.6. The highest BCUT2D eigenvalue weighted by atomic mass is 15.4. The number of nitrogens with zero attached hydrogens (tertiary/aromatic N) is 6. The van der Waals surface area contributed by atoms with Crippen molar-refractivity contribution in [3.8, 4) is 44.8 Å². The summed E-state index contributed by atoms with van der Waals surface area (Å²) in [5, 5.41) is 8.92. The molecule has 5 heterocycles. The number of hydrogen-bond donors (Lipinski definition) is 0. The van der Waals surface area contributed by atoms with Gasteiger partial charge < -0.3 is 0 Å². The molecule has 0 amide bonds. The summed E-state index contributed by atoms with van der Waals surface area (Å²) in [7, 11) is 0. The highest BCUT2D eigenvalue weighted by molar-refractivity contribution is 6.11. The van der Waals surface area contributed by atoms with Crippen molar-refractivity contribution in [1.29, 1.82) is 0 Å². The second-order valence-corrected chi connectivity index (χ2v) is 17.5. The molecule has 0 N–H and O–H groups in total. The molecule has 0 unspecified atom stereocenters. The van der Waals surface area contributed by atoms with Gasteiger partial charge in [-0.3, -0.25) is 14.6 Å². The first kappa shape index (κ1) is 38.6. The number of aryl methyl sites for hydroxylation is 3. The molecule has 12 rings (SSSR count). The SMILES string of the molecule is C=C/C(C)=C\C=N/n1c2c(c3cc4c(cc31)-c1cc3c(cc1CC4)c1cc(-c4ccc(-c5ccccn5)cc4)ccc1n3-n1ccc(C)c1)C=C(c1ccc(-c3ccccn3)cc1)CC2. The van der Waals surface area contributed by atoms with Gasteiger partial charge in [-0.25, -0.2) is 9.35 Å². The van der Waals surface area contributed by atoms with Crippen LogP contribution in [0.2, 0.25) is 0 Å². The van der Waals surface area contributed by atoms with E-state index in [9.17, 15) is 0 Å². The van der Waals surface area contributed by atoms with Gasteiger partial charge in [0.1, 0.15) is 0 Å². The number of rotatable bonds is 8. The molecule has 10 aromatic rings. The van der Waals surface area contributed by atoms with Crippen LogP contribution in [0.1, 0.15) is 46.9 Å². The Morgan fingerprint density at radius 3 is 1.89 bits per heavy atom. The van der Waals surface area contributed by atoms with Crippen molar-refractivity contribution in [2.75, 3.05) is 0 Å². The lowest BCUT2D eigenvalue weighted by Crippen LogP contribution is -2.08. The largest absolute Gasteiger partial charge is 0.263 e. The summed E-state index contributed by atoms with van der Waals surface area (Å²) in [6.07, 6.45) is 20.1. The van der Waals surface area contributed by atoms with Crippen molar-refractivity contribution in [2.24, 2.45) is 5.10 Å². The van der Waals surface area contributed by atoms with E-state index in [-0.39, 0.29) is 0 Å². The third-order valence-electron chi connectivity index (χ3n) is 13.5. The number of hydrogen-bond acceptors (Lipinski definition) is 3. The number of fused-ring (bicyclic) bond motifs is 9. The zero-order valence-corrected chi connectivity index (χ0v) is 36.5. The molecule has 65 heavy (non-hydrogen) atoms. The van der Waals surface area contributed by atoms with Gasteiger partial charge in [-0.05, 0) is 168 Å². The third kappa shape index (κ3) is 6.68. The predicted octanol–water partition coefficient (Wildman–Crippen LogP) is 14.2. The standard InChI is InChI=1S/C59H46N6/c1-4-38(2)25-29-62-64-56-23-21-44(40-11-15-42(16-12-40)54-9-5-7-27-60-54)31-50(56)52-33-46-19-20-47-34-53-51-32-45(41-13-17-43(18-14-41)55-10-6-8-28-61-55)22-24-57(51)65(63-30-26-39(3)37-63)59(53)36-49(47)48(46)35-58(52)64/h4-18,22,24-37H,1,19-21,23H2,2-3H3/b38-25-,62-29-. The molecule has 5 aromatic heterocycles. The fraction of sp³-hybridized carbons (Fsp3) is 0.102. The summed E-state index contributed by atoms with van der Waals surface area (Å²) in [5.74, 6) is 0. The molecular formula is C59H46N6. The van der Waals surface area contributed by atoms with Crippen LogP contribution < -0.4 is 0 Å². The first-order valence-corrected chi connectivity index (χ1v) is 22.5. The van der Waals surface area contributed by atoms with Crippen LogP contribution in [0.4, 0.5) is 0 Å². The van der Waals surface area contributed by atoms with Crippen LogP contribution in [0.5, 0.6) is 0 Å². The minimum absolute atomic E-state index is 0.897. The molecular weight excluding hydrogens is 793 g/mol. The highest BCUT2D eigenvalue weighted by Gasteiger charge is 2.26. The molecule has 0 saturated heterocycles. The van der Waals surface area contributed by atoms with Crippen molar-refractivity contribution < 1.29 is 0 Å². The van der Waals surface area contributed by atoms with Gasteiger partial charge in [0.25, 0.3) is 0 Å². The van der Waals surface area contributed by atoms with E-state index in [4.69, 9.17) is 5.10 Å². The van der Waals surface area contributed by atoms with Crippen LogP contribution in [0.3, 0.4) is 0 Å². The summed E-state index contributed by atoms with van der Waals surface area (Å²) in [4.78, 5) is 9.14. The Morgan fingerprint density at radius 2 is 1.25 bits per heavy atom. The van der Waals surface area contributed by atoms with Gasteiger partial charge in [-0.1, -0.05) is 85.0 Å². The third-order valence-corrected chi connectivity index (χ3v) is 13.5. The maximum absolute atomic E-state index is 5.15. The number of pyridine rings is 2. The molecule has 6 heteroatoms. The molecule has 312 valence electrons. The smallest absolute Gasteiger partial charge is 0.0734 e. The number of benzene rings is 5. The van der Waals surface area contributed by atoms with Gasteiger partial charge >= 0.3 is 0 Å². The average molecular weight is 839 g/mol. The Hall–Kier alpha value is -8.09. The first-order valence-electron chi connectivity index (χ1n) is 22.5. The van der Waals surface area contributed by atoms with Crippen LogP contribution >= 0.6 is 0 Å². The van der Waals surface area contributed by atoms with Gasteiger partial charge in [0.2, 0.25) is 0 Å². The molecule has 0 fully saturated rings. The van der Waals surface area contributed by atoms with E-state index in [1.165, 1.54) is 88.5 Å². The first-order chi connectivity index (χ1) is 32.0. The van der Waals surface area contributed by atoms with E-state index in [1.54, 1.807) is 0 Å². The number of aromatic nitrogens is 5. The van der Waals surface area contributed by atoms with Gasteiger partial charge in [-0.2, -0.15) is 5.10 Å². The van der Waals surface area contributed by atoms with Crippen molar-refractivity contribution in [2.45, 2.75) is 39.5 Å². The lowest BCUT2D eigenvalue weighted by Gasteiger charge is -2.21. The van der Waals surface area contributed by atoms with E-state index < -0.39 is 0 Å². The summed E-state index contributed by atoms with van der Waals surface area (Å²) in [5.41, 5.74) is 22.8. The Bertz CT molecular complexity index is 3590. The maximum atomic E-state index is 5.15. The van der Waals surface area contributed by atoms with Crippen molar-refractivity contribution in [1.82, 2.24) is 24.0 Å². The molecule has 0 bridgehead atoms. The minimum atomic E-state index is 0.897. The quantitative estimate of drug-likeness (QED) is 0.113. The fourth-order valence-corrected chi connectivity index (χ4v) is 10.1. The Morgan fingerprint density at radius 1 is 0.615 bits per heavy atom. The van der Waals surface area contributed by atoms with Crippen molar-refractivity contribution in [3.63, 3.8) is 0 Å². The van der Waals surface area contributed by atoms with E-state index in [0.717, 1.165) is 59.3 Å². The summed E-state index contributed by atoms with van der Waals surface area (Å²) < 4.78 is 6.82. The maximum Gasteiger partial charge on any atom is 0.0734 e. The lowest BCUT2D eigenvalue weighted by atomic mass is 9.83. The van der Waals surface area contributed by atoms with Crippen molar-refractivity contribution >= 4 is 50.6 Å². The van der Waals surface area contributed by atoms with Crippen LogP contribution in [-0.2, 0) is 19.3 Å². The van der Waals surface area contributed by atoms with Gasteiger partial charge in [0.15, 0.2) is 0 Å². The van der Waals surface area contributed by atoms with Crippen LogP contribution in [0, 0.1) is 6.92 Å². The topological polar surface area (TPSA) is 52.9 Å². The molecule has 0 saturated carbocycles. The average Bonchev–Trinajstić information content (AvgIpc) is 4.03. The predicted molar refractivity (Wildman–Crippen MR) is 270 cm³/mol. The van der Waals surface area contributed by atoms with Crippen LogP contribution in [0.25, 0.3) is 89.1 Å². The van der Waals surface area contributed by atoms with E-state index in [0.29, 0.717) is 0 Å². The van der Waals surface area contributed by atoms with Crippen LogP contribution in [0.15, 0.2) is 188 Å².